The first kappa shape index (κ1) is 26.5. The van der Waals surface area contributed by atoms with Gasteiger partial charge >= 0.3 is 0 Å². The molecule has 8 nitrogen and oxygen atoms in total. The Balaban J connectivity index is 0.000000384. The highest BCUT2D eigenvalue weighted by Gasteiger charge is 2.08. The molecule has 4 heterocycles. The quantitative estimate of drug-likeness (QED) is 0.307. The highest BCUT2D eigenvalue weighted by molar-refractivity contribution is 6.30. The van der Waals surface area contributed by atoms with E-state index in [0.717, 1.165) is 33.7 Å². The number of benzene rings is 2. The number of nitrogens with zero attached hydrogens (tertiary/aromatic N) is 5. The molecule has 0 amide bonds. The average Bonchev–Trinajstić information content (AvgIpc) is 3.51. The summed E-state index contributed by atoms with van der Waals surface area (Å²) in [5, 5.41) is 15.2. The van der Waals surface area contributed by atoms with Crippen molar-refractivity contribution >= 4 is 11.6 Å². The van der Waals surface area contributed by atoms with Crippen molar-refractivity contribution in [1.82, 2.24) is 35.3 Å². The van der Waals surface area contributed by atoms with Crippen LogP contribution in [0.1, 0.15) is 25.3 Å². The molecule has 2 aromatic carbocycles. The first-order valence-corrected chi connectivity index (χ1v) is 13.4. The standard InChI is InChI=1S/C24H17ClN6O.C6H13N/c25-21-6-2-4-17(10-21)22-7-8-23(32)31(30-22)15-16-3-1-5-18(9-16)24-26-11-19(12-27-24)20-13-28-29-14-20;1-6-2-4-7-5-3-6/h1-14H,15H2,(H,28,29);6-7H,2-5H2,1H3. The van der Waals surface area contributed by atoms with Gasteiger partial charge in [0.15, 0.2) is 5.82 Å². The van der Waals surface area contributed by atoms with Gasteiger partial charge in [-0.25, -0.2) is 14.6 Å². The molecule has 0 radical (unpaired) electrons. The molecule has 0 spiro atoms. The number of nitrogens with one attached hydrogen (secondary N) is 2. The fourth-order valence-corrected chi connectivity index (χ4v) is 4.54. The van der Waals surface area contributed by atoms with Gasteiger partial charge in [-0.15, -0.1) is 0 Å². The van der Waals surface area contributed by atoms with Crippen LogP contribution >= 0.6 is 11.6 Å². The van der Waals surface area contributed by atoms with E-state index in [0.29, 0.717) is 23.1 Å². The topological polar surface area (TPSA) is 101 Å². The minimum atomic E-state index is -0.179. The van der Waals surface area contributed by atoms with Crippen LogP contribution in [-0.4, -0.2) is 43.0 Å². The van der Waals surface area contributed by atoms with E-state index in [2.05, 4.69) is 37.5 Å². The number of hydrogen-bond donors (Lipinski definition) is 2. The molecule has 2 N–H and O–H groups in total. The average molecular weight is 540 g/mol. The lowest BCUT2D eigenvalue weighted by atomic mass is 10.0. The molecule has 1 fully saturated rings. The molecule has 1 saturated heterocycles. The second-order valence-corrected chi connectivity index (χ2v) is 10.1. The van der Waals surface area contributed by atoms with Gasteiger partial charge in [-0.2, -0.15) is 10.2 Å². The second-order valence-electron chi connectivity index (χ2n) is 9.64. The molecule has 0 atom stereocenters. The maximum atomic E-state index is 12.4. The predicted molar refractivity (Wildman–Crippen MR) is 154 cm³/mol. The Morgan fingerprint density at radius 2 is 1.67 bits per heavy atom. The van der Waals surface area contributed by atoms with Gasteiger partial charge in [0.1, 0.15) is 0 Å². The smallest absolute Gasteiger partial charge is 0.267 e. The zero-order valence-corrected chi connectivity index (χ0v) is 22.5. The molecule has 0 bridgehead atoms. The monoisotopic (exact) mass is 539 g/mol. The van der Waals surface area contributed by atoms with Crippen molar-refractivity contribution in [2.75, 3.05) is 13.1 Å². The highest BCUT2D eigenvalue weighted by Crippen LogP contribution is 2.22. The molecule has 0 unspecified atom stereocenters. The van der Waals surface area contributed by atoms with E-state index in [9.17, 15) is 4.79 Å². The van der Waals surface area contributed by atoms with Gasteiger partial charge in [0.05, 0.1) is 18.4 Å². The van der Waals surface area contributed by atoms with Crippen molar-refractivity contribution in [2.45, 2.75) is 26.3 Å². The highest BCUT2D eigenvalue weighted by atomic mass is 35.5. The Bertz CT molecular complexity index is 1560. The summed E-state index contributed by atoms with van der Waals surface area (Å²) in [6, 6.07) is 18.4. The molecule has 1 aliphatic rings. The largest absolute Gasteiger partial charge is 0.317 e. The van der Waals surface area contributed by atoms with Gasteiger partial charge in [0.25, 0.3) is 5.56 Å². The number of H-pyrrole nitrogens is 1. The third kappa shape index (κ3) is 7.04. The van der Waals surface area contributed by atoms with Gasteiger partial charge in [0.2, 0.25) is 0 Å². The number of rotatable bonds is 5. The summed E-state index contributed by atoms with van der Waals surface area (Å²) in [5.74, 6) is 1.58. The van der Waals surface area contributed by atoms with Crippen LogP contribution in [0, 0.1) is 5.92 Å². The fourth-order valence-electron chi connectivity index (χ4n) is 4.35. The molecule has 0 saturated carbocycles. The number of aromatic nitrogens is 6. The lowest BCUT2D eigenvalue weighted by molar-refractivity contribution is 0.402. The normalized spacial score (nSPS) is 13.5. The van der Waals surface area contributed by atoms with Crippen LogP contribution in [0.3, 0.4) is 0 Å². The number of hydrogen-bond acceptors (Lipinski definition) is 6. The van der Waals surface area contributed by atoms with Gasteiger partial charge in [0, 0.05) is 51.9 Å². The molecule has 5 aromatic rings. The minimum Gasteiger partial charge on any atom is -0.317 e. The van der Waals surface area contributed by atoms with Gasteiger partial charge in [-0.3, -0.25) is 9.89 Å². The van der Waals surface area contributed by atoms with E-state index >= 15 is 0 Å². The van der Waals surface area contributed by atoms with Gasteiger partial charge in [-0.05, 0) is 61.7 Å². The third-order valence-electron chi connectivity index (χ3n) is 6.62. The van der Waals surface area contributed by atoms with Gasteiger partial charge in [-0.1, -0.05) is 48.9 Å². The second kappa shape index (κ2) is 12.6. The molecule has 9 heteroatoms. The summed E-state index contributed by atoms with van der Waals surface area (Å²) < 4.78 is 1.44. The van der Waals surface area contributed by atoms with E-state index in [1.54, 1.807) is 36.9 Å². The third-order valence-corrected chi connectivity index (χ3v) is 6.85. The molecule has 198 valence electrons. The van der Waals surface area contributed by atoms with E-state index in [1.807, 2.05) is 42.5 Å². The lowest BCUT2D eigenvalue weighted by Crippen LogP contribution is -2.26. The van der Waals surface area contributed by atoms with Crippen molar-refractivity contribution < 1.29 is 0 Å². The summed E-state index contributed by atoms with van der Waals surface area (Å²) >= 11 is 6.10. The molecule has 1 aliphatic heterocycles. The van der Waals surface area contributed by atoms with E-state index in [4.69, 9.17) is 11.6 Å². The number of aromatic amines is 1. The zero-order chi connectivity index (χ0) is 27.0. The van der Waals surface area contributed by atoms with Crippen LogP contribution in [-0.2, 0) is 6.54 Å². The molecular weight excluding hydrogens is 510 g/mol. The Labute approximate surface area is 232 Å². The van der Waals surface area contributed by atoms with Crippen LogP contribution in [0.15, 0.2) is 90.2 Å². The van der Waals surface area contributed by atoms with E-state index in [-0.39, 0.29) is 5.56 Å². The molecular formula is C30H30ClN7O. The predicted octanol–water partition coefficient (Wildman–Crippen LogP) is 5.47. The Kier molecular flexibility index (Phi) is 8.55. The van der Waals surface area contributed by atoms with Crippen molar-refractivity contribution in [1.29, 1.82) is 0 Å². The Hall–Kier alpha value is -4.14. The van der Waals surface area contributed by atoms with Crippen molar-refractivity contribution in [3.63, 3.8) is 0 Å². The molecule has 0 aliphatic carbocycles. The van der Waals surface area contributed by atoms with Crippen molar-refractivity contribution in [3.8, 4) is 33.8 Å². The SMILES string of the molecule is CC1CCNCC1.O=c1ccc(-c2cccc(Cl)c2)nn1Cc1cccc(-c2ncc(-c3cn[nH]c3)cn2)c1. The maximum absolute atomic E-state index is 12.4. The zero-order valence-electron chi connectivity index (χ0n) is 21.7. The molecule has 6 rings (SSSR count). The molecule has 39 heavy (non-hydrogen) atoms. The fraction of sp³-hybridized carbons (Fsp3) is 0.233. The van der Waals surface area contributed by atoms with Crippen LogP contribution in [0.4, 0.5) is 0 Å². The minimum absolute atomic E-state index is 0.179. The van der Waals surface area contributed by atoms with Crippen molar-refractivity contribution in [3.05, 3.63) is 106 Å². The molecule has 3 aromatic heterocycles. The number of piperidine rings is 1. The summed E-state index contributed by atoms with van der Waals surface area (Å²) in [6.45, 7) is 5.12. The summed E-state index contributed by atoms with van der Waals surface area (Å²) in [5.41, 5.74) is 4.94. The Morgan fingerprint density at radius 3 is 2.36 bits per heavy atom. The summed E-state index contributed by atoms with van der Waals surface area (Å²) in [4.78, 5) is 21.4. The van der Waals surface area contributed by atoms with Crippen LogP contribution in [0.5, 0.6) is 0 Å². The van der Waals surface area contributed by atoms with E-state index < -0.39 is 0 Å². The first-order chi connectivity index (χ1) is 19.0. The van der Waals surface area contributed by atoms with E-state index in [1.165, 1.54) is 36.7 Å². The van der Waals surface area contributed by atoms with Crippen LogP contribution < -0.4 is 10.9 Å². The Morgan fingerprint density at radius 1 is 0.897 bits per heavy atom. The van der Waals surface area contributed by atoms with Crippen LogP contribution in [0.25, 0.3) is 33.8 Å². The van der Waals surface area contributed by atoms with Gasteiger partial charge < -0.3 is 5.32 Å². The summed E-state index contributed by atoms with van der Waals surface area (Å²) in [6.07, 6.45) is 9.79. The lowest BCUT2D eigenvalue weighted by Gasteiger charge is -2.17. The van der Waals surface area contributed by atoms with Crippen LogP contribution in [0.2, 0.25) is 5.02 Å². The summed E-state index contributed by atoms with van der Waals surface area (Å²) in [7, 11) is 0. The number of halogens is 1. The first-order valence-electron chi connectivity index (χ1n) is 13.0. The maximum Gasteiger partial charge on any atom is 0.267 e. The van der Waals surface area contributed by atoms with Crippen molar-refractivity contribution in [2.24, 2.45) is 5.92 Å².